The zero-order chi connectivity index (χ0) is 25.5. The molecule has 0 aliphatic heterocycles. The van der Waals surface area contributed by atoms with Gasteiger partial charge in [-0.2, -0.15) is 0 Å². The van der Waals surface area contributed by atoms with Gasteiger partial charge < -0.3 is 19.5 Å². The molecule has 184 valence electrons. The van der Waals surface area contributed by atoms with E-state index < -0.39 is 5.97 Å². The van der Waals surface area contributed by atoms with Crippen molar-refractivity contribution in [2.24, 2.45) is 0 Å². The van der Waals surface area contributed by atoms with Gasteiger partial charge in [0.25, 0.3) is 5.91 Å². The third-order valence-corrected chi connectivity index (χ3v) is 6.53. The molecule has 3 rings (SSSR count). The van der Waals surface area contributed by atoms with Crippen molar-refractivity contribution in [1.82, 2.24) is 9.88 Å². The molecule has 0 fully saturated rings. The SMILES string of the molecule is C=C(C)c1c(OC)cc(C(=O)N(CCCc2ccccc2)Cc2nc(C(=O)O)c(C)s2)cc1OC. The molecule has 0 aliphatic carbocycles. The number of aromatic nitrogens is 1. The highest BCUT2D eigenvalue weighted by molar-refractivity contribution is 7.11. The molecule has 1 N–H and O–H groups in total. The molecule has 1 heterocycles. The minimum atomic E-state index is -1.07. The summed E-state index contributed by atoms with van der Waals surface area (Å²) in [6.45, 7) is 8.24. The third-order valence-electron chi connectivity index (χ3n) is 5.57. The molecule has 0 unspecified atom stereocenters. The van der Waals surface area contributed by atoms with E-state index >= 15 is 0 Å². The number of carbonyl (C=O) groups is 2. The largest absolute Gasteiger partial charge is 0.496 e. The van der Waals surface area contributed by atoms with Crippen LogP contribution in [0, 0.1) is 6.92 Å². The van der Waals surface area contributed by atoms with Crippen molar-refractivity contribution in [2.75, 3.05) is 20.8 Å². The predicted octanol–water partition coefficient (Wildman–Crippen LogP) is 5.48. The van der Waals surface area contributed by atoms with Gasteiger partial charge in [0.05, 0.1) is 26.3 Å². The van der Waals surface area contributed by atoms with Crippen LogP contribution in [-0.2, 0) is 13.0 Å². The molecule has 0 atom stereocenters. The Labute approximate surface area is 209 Å². The molecule has 0 spiro atoms. The minimum absolute atomic E-state index is 0.0239. The van der Waals surface area contributed by atoms with Gasteiger partial charge in [-0.3, -0.25) is 4.79 Å². The van der Waals surface area contributed by atoms with Crippen LogP contribution >= 0.6 is 11.3 Å². The fourth-order valence-corrected chi connectivity index (χ4v) is 4.83. The number of hydrogen-bond acceptors (Lipinski definition) is 6. The molecular formula is C27H30N2O5S. The summed E-state index contributed by atoms with van der Waals surface area (Å²) < 4.78 is 11.1. The zero-order valence-corrected chi connectivity index (χ0v) is 21.3. The van der Waals surface area contributed by atoms with Crippen LogP contribution in [-0.4, -0.2) is 47.6 Å². The second kappa shape index (κ2) is 11.7. The molecule has 1 aromatic heterocycles. The Morgan fingerprint density at radius 2 is 1.74 bits per heavy atom. The maximum Gasteiger partial charge on any atom is 0.355 e. The van der Waals surface area contributed by atoms with Gasteiger partial charge in [0.15, 0.2) is 5.69 Å². The van der Waals surface area contributed by atoms with E-state index in [4.69, 9.17) is 9.47 Å². The van der Waals surface area contributed by atoms with Gasteiger partial charge in [0, 0.05) is 17.0 Å². The van der Waals surface area contributed by atoms with Gasteiger partial charge in [0.1, 0.15) is 16.5 Å². The first-order valence-electron chi connectivity index (χ1n) is 11.2. The summed E-state index contributed by atoms with van der Waals surface area (Å²) in [6, 6.07) is 13.4. The van der Waals surface area contributed by atoms with E-state index in [0.29, 0.717) is 39.1 Å². The molecule has 0 saturated carbocycles. The summed E-state index contributed by atoms with van der Waals surface area (Å²) in [4.78, 5) is 31.7. The second-order valence-corrected chi connectivity index (χ2v) is 9.46. The molecule has 0 bridgehead atoms. The first-order chi connectivity index (χ1) is 16.7. The molecule has 0 radical (unpaired) electrons. The molecule has 8 heteroatoms. The fraction of sp³-hybridized carbons (Fsp3) is 0.296. The van der Waals surface area contributed by atoms with E-state index in [1.165, 1.54) is 16.9 Å². The number of aromatic carboxylic acids is 1. The van der Waals surface area contributed by atoms with Gasteiger partial charge in [-0.15, -0.1) is 11.3 Å². The number of ether oxygens (including phenoxy) is 2. The van der Waals surface area contributed by atoms with Crippen molar-refractivity contribution in [1.29, 1.82) is 0 Å². The van der Waals surface area contributed by atoms with E-state index in [-0.39, 0.29) is 18.1 Å². The van der Waals surface area contributed by atoms with Crippen LogP contribution in [0.15, 0.2) is 49.0 Å². The third kappa shape index (κ3) is 6.27. The molecule has 0 saturated heterocycles. The number of allylic oxidation sites excluding steroid dienone is 1. The van der Waals surface area contributed by atoms with Gasteiger partial charge in [0.2, 0.25) is 0 Å². The molecule has 1 amide bonds. The Kier molecular flexibility index (Phi) is 8.65. The van der Waals surface area contributed by atoms with Crippen LogP contribution in [0.5, 0.6) is 11.5 Å². The average Bonchev–Trinajstić information content (AvgIpc) is 3.22. The number of benzene rings is 2. The summed E-state index contributed by atoms with van der Waals surface area (Å²) >= 11 is 1.29. The normalized spacial score (nSPS) is 10.6. The average molecular weight is 495 g/mol. The molecule has 2 aromatic carbocycles. The van der Waals surface area contributed by atoms with Gasteiger partial charge in [-0.25, -0.2) is 9.78 Å². The van der Waals surface area contributed by atoms with Crippen LogP contribution in [0.1, 0.15) is 55.2 Å². The molecule has 35 heavy (non-hydrogen) atoms. The Morgan fingerprint density at radius 1 is 1.11 bits per heavy atom. The monoisotopic (exact) mass is 494 g/mol. The Hall–Kier alpha value is -3.65. The highest BCUT2D eigenvalue weighted by Gasteiger charge is 2.23. The topological polar surface area (TPSA) is 89.0 Å². The number of carbonyl (C=O) groups excluding carboxylic acids is 1. The maximum absolute atomic E-state index is 13.7. The number of methoxy groups -OCH3 is 2. The highest BCUT2D eigenvalue weighted by atomic mass is 32.1. The van der Waals surface area contributed by atoms with Crippen molar-refractivity contribution >= 4 is 28.8 Å². The van der Waals surface area contributed by atoms with E-state index in [9.17, 15) is 14.7 Å². The number of rotatable bonds is 11. The number of nitrogens with zero attached hydrogens (tertiary/aromatic N) is 2. The fourth-order valence-electron chi connectivity index (χ4n) is 3.89. The molecule has 3 aromatic rings. The van der Waals surface area contributed by atoms with Crippen molar-refractivity contribution < 1.29 is 24.2 Å². The number of amides is 1. The van der Waals surface area contributed by atoms with Crippen LogP contribution in [0.2, 0.25) is 0 Å². The zero-order valence-electron chi connectivity index (χ0n) is 20.5. The molecule has 7 nitrogen and oxygen atoms in total. The minimum Gasteiger partial charge on any atom is -0.496 e. The van der Waals surface area contributed by atoms with E-state index in [0.717, 1.165) is 18.4 Å². The smallest absolute Gasteiger partial charge is 0.355 e. The summed E-state index contributed by atoms with van der Waals surface area (Å²) in [5.41, 5.74) is 3.10. The number of thiazole rings is 1. The van der Waals surface area contributed by atoms with E-state index in [1.54, 1.807) is 38.2 Å². The van der Waals surface area contributed by atoms with Gasteiger partial charge in [-0.05, 0) is 50.0 Å². The summed E-state index contributed by atoms with van der Waals surface area (Å²) in [5.74, 6) is -0.283. The summed E-state index contributed by atoms with van der Waals surface area (Å²) in [6.07, 6.45) is 1.55. The number of carboxylic acid groups (broad SMARTS) is 1. The molecular weight excluding hydrogens is 464 g/mol. The van der Waals surface area contributed by atoms with Crippen LogP contribution in [0.4, 0.5) is 0 Å². The quantitative estimate of drug-likeness (QED) is 0.380. The van der Waals surface area contributed by atoms with Crippen molar-refractivity contribution in [3.8, 4) is 11.5 Å². The van der Waals surface area contributed by atoms with Crippen LogP contribution < -0.4 is 9.47 Å². The Balaban J connectivity index is 1.92. The lowest BCUT2D eigenvalue weighted by atomic mass is 10.0. The number of aryl methyl sites for hydroxylation is 2. The van der Waals surface area contributed by atoms with E-state index in [2.05, 4.69) is 23.7 Å². The lowest BCUT2D eigenvalue weighted by Crippen LogP contribution is -2.32. The number of hydrogen-bond donors (Lipinski definition) is 1. The lowest BCUT2D eigenvalue weighted by molar-refractivity contribution is 0.0690. The van der Waals surface area contributed by atoms with Crippen LogP contribution in [0.3, 0.4) is 0 Å². The Bertz CT molecular complexity index is 1190. The summed E-state index contributed by atoms with van der Waals surface area (Å²) in [5, 5.41) is 9.96. The first kappa shape index (κ1) is 26.0. The molecule has 0 aliphatic rings. The van der Waals surface area contributed by atoms with Crippen molar-refractivity contribution in [2.45, 2.75) is 33.2 Å². The maximum atomic E-state index is 13.7. The summed E-state index contributed by atoms with van der Waals surface area (Å²) in [7, 11) is 3.08. The Morgan fingerprint density at radius 3 is 2.26 bits per heavy atom. The lowest BCUT2D eigenvalue weighted by Gasteiger charge is -2.23. The van der Waals surface area contributed by atoms with Gasteiger partial charge >= 0.3 is 5.97 Å². The number of carboxylic acids is 1. The van der Waals surface area contributed by atoms with Gasteiger partial charge in [-0.1, -0.05) is 36.9 Å². The van der Waals surface area contributed by atoms with Crippen molar-refractivity contribution in [3.63, 3.8) is 0 Å². The first-order valence-corrected chi connectivity index (χ1v) is 12.0. The standard InChI is InChI=1S/C27H30N2O5S/c1-17(2)24-21(33-4)14-20(15-22(24)34-5)26(30)29(13-9-12-19-10-7-6-8-11-19)16-23-28-25(27(31)32)18(3)35-23/h6-8,10-11,14-15H,1,9,12-13,16H2,2-5H3,(H,31,32). The highest BCUT2D eigenvalue weighted by Crippen LogP contribution is 2.36. The van der Waals surface area contributed by atoms with Crippen LogP contribution in [0.25, 0.3) is 5.57 Å². The second-order valence-electron chi connectivity index (χ2n) is 8.17. The van der Waals surface area contributed by atoms with E-state index in [1.807, 2.05) is 25.1 Å². The van der Waals surface area contributed by atoms with Crippen molar-refractivity contribution in [3.05, 3.63) is 81.3 Å². The predicted molar refractivity (Wildman–Crippen MR) is 138 cm³/mol.